The lowest BCUT2D eigenvalue weighted by atomic mass is 10.2. The third kappa shape index (κ3) is 2.16. The lowest BCUT2D eigenvalue weighted by molar-refractivity contribution is 0.393. The van der Waals surface area contributed by atoms with Gasteiger partial charge in [-0.05, 0) is 38.0 Å². The number of rotatable bonds is 2. The fourth-order valence-electron chi connectivity index (χ4n) is 2.27. The Hall–Kier alpha value is -0.620. The third-order valence-electron chi connectivity index (χ3n) is 3.56. The van der Waals surface area contributed by atoms with E-state index < -0.39 is 10.0 Å². The molecule has 1 aromatic rings. The molecule has 1 fully saturated rings. The van der Waals surface area contributed by atoms with Crippen LogP contribution in [0.5, 0.6) is 0 Å². The predicted molar refractivity (Wildman–Crippen MR) is 72.1 cm³/mol. The zero-order valence-corrected chi connectivity index (χ0v) is 12.0. The quantitative estimate of drug-likeness (QED) is 0.902. The Kier molecular flexibility index (Phi) is 3.69. The van der Waals surface area contributed by atoms with Gasteiger partial charge in [0.15, 0.2) is 0 Å². The maximum absolute atomic E-state index is 12.6. The lowest BCUT2D eigenvalue weighted by Gasteiger charge is -2.23. The average Bonchev–Trinajstić information content (AvgIpc) is 2.64. The molecule has 1 aliphatic rings. The van der Waals surface area contributed by atoms with E-state index in [0.29, 0.717) is 23.6 Å². The molecule has 0 spiro atoms. The summed E-state index contributed by atoms with van der Waals surface area (Å²) in [6, 6.07) is 4.66. The first-order valence-electron chi connectivity index (χ1n) is 5.88. The number of nitrogens with zero attached hydrogens (tertiary/aromatic N) is 1. The van der Waals surface area contributed by atoms with Gasteiger partial charge in [0.1, 0.15) is 0 Å². The van der Waals surface area contributed by atoms with E-state index in [9.17, 15) is 8.42 Å². The van der Waals surface area contributed by atoms with Crippen molar-refractivity contribution in [1.29, 1.82) is 0 Å². The molecule has 2 unspecified atom stereocenters. The Morgan fingerprint density at radius 3 is 2.67 bits per heavy atom. The minimum absolute atomic E-state index is 0.0979. The van der Waals surface area contributed by atoms with Crippen LogP contribution in [0.4, 0.5) is 0 Å². The molecule has 4 nitrogen and oxygen atoms in total. The number of hydrogen-bond donors (Lipinski definition) is 1. The summed E-state index contributed by atoms with van der Waals surface area (Å²) in [6.07, 6.45) is 0.694. The van der Waals surface area contributed by atoms with Gasteiger partial charge in [0.25, 0.3) is 0 Å². The van der Waals surface area contributed by atoms with Crippen LogP contribution in [0, 0.1) is 6.92 Å². The van der Waals surface area contributed by atoms with Crippen LogP contribution < -0.4 is 5.73 Å². The molecule has 1 heterocycles. The van der Waals surface area contributed by atoms with Crippen molar-refractivity contribution in [3.8, 4) is 0 Å². The molecule has 1 aliphatic heterocycles. The summed E-state index contributed by atoms with van der Waals surface area (Å²) in [5.41, 5.74) is 6.47. The largest absolute Gasteiger partial charge is 0.326 e. The second-order valence-electron chi connectivity index (χ2n) is 4.67. The smallest absolute Gasteiger partial charge is 0.243 e. The van der Waals surface area contributed by atoms with E-state index in [1.807, 2.05) is 6.92 Å². The summed E-state index contributed by atoms with van der Waals surface area (Å²) >= 11 is 5.98. The molecule has 18 heavy (non-hydrogen) atoms. The van der Waals surface area contributed by atoms with E-state index in [1.54, 1.807) is 25.1 Å². The highest BCUT2D eigenvalue weighted by Crippen LogP contribution is 2.29. The fraction of sp³-hybridized carbons (Fsp3) is 0.500. The Morgan fingerprint density at radius 1 is 1.44 bits per heavy atom. The van der Waals surface area contributed by atoms with Gasteiger partial charge < -0.3 is 5.73 Å². The van der Waals surface area contributed by atoms with E-state index in [1.165, 1.54) is 4.31 Å². The Morgan fingerprint density at radius 2 is 2.11 bits per heavy atom. The fourth-order valence-corrected chi connectivity index (χ4v) is 4.44. The predicted octanol–water partition coefficient (Wildman–Crippen LogP) is 1.76. The molecule has 0 saturated carbocycles. The number of benzene rings is 1. The van der Waals surface area contributed by atoms with E-state index in [0.717, 1.165) is 0 Å². The molecule has 2 atom stereocenters. The van der Waals surface area contributed by atoms with Crippen molar-refractivity contribution in [2.24, 2.45) is 5.73 Å². The second-order valence-corrected chi connectivity index (χ2v) is 6.94. The van der Waals surface area contributed by atoms with Gasteiger partial charge in [-0.3, -0.25) is 0 Å². The molecule has 2 rings (SSSR count). The summed E-state index contributed by atoms with van der Waals surface area (Å²) in [7, 11) is -3.51. The van der Waals surface area contributed by atoms with Crippen molar-refractivity contribution in [3.63, 3.8) is 0 Å². The van der Waals surface area contributed by atoms with Crippen LogP contribution in [-0.4, -0.2) is 31.4 Å². The third-order valence-corrected chi connectivity index (χ3v) is 6.10. The average molecular weight is 289 g/mol. The van der Waals surface area contributed by atoms with Crippen molar-refractivity contribution >= 4 is 21.6 Å². The number of nitrogens with two attached hydrogens (primary N) is 1. The van der Waals surface area contributed by atoms with Crippen LogP contribution in [0.2, 0.25) is 5.02 Å². The van der Waals surface area contributed by atoms with Crippen molar-refractivity contribution in [2.45, 2.75) is 37.2 Å². The van der Waals surface area contributed by atoms with Gasteiger partial charge in [0, 0.05) is 23.7 Å². The van der Waals surface area contributed by atoms with Crippen LogP contribution >= 0.6 is 11.6 Å². The van der Waals surface area contributed by atoms with Crippen LogP contribution in [0.15, 0.2) is 23.1 Å². The molecule has 100 valence electrons. The van der Waals surface area contributed by atoms with Crippen LogP contribution in [0.3, 0.4) is 0 Å². The van der Waals surface area contributed by atoms with E-state index >= 15 is 0 Å². The van der Waals surface area contributed by atoms with E-state index in [4.69, 9.17) is 17.3 Å². The molecular formula is C12H17ClN2O2S. The van der Waals surface area contributed by atoms with Gasteiger partial charge in [0.05, 0.1) is 4.90 Å². The second kappa shape index (κ2) is 4.81. The summed E-state index contributed by atoms with van der Waals surface area (Å²) in [6.45, 7) is 4.03. The molecule has 1 saturated heterocycles. The van der Waals surface area contributed by atoms with Gasteiger partial charge in [0.2, 0.25) is 10.0 Å². The summed E-state index contributed by atoms with van der Waals surface area (Å²) in [4.78, 5) is 0.274. The van der Waals surface area contributed by atoms with E-state index in [2.05, 4.69) is 0 Å². The number of hydrogen-bond acceptors (Lipinski definition) is 3. The first-order chi connectivity index (χ1) is 8.35. The molecule has 0 amide bonds. The molecule has 1 aromatic carbocycles. The first-order valence-corrected chi connectivity index (χ1v) is 7.70. The normalized spacial score (nSPS) is 25.6. The molecule has 2 N–H and O–H groups in total. The summed E-state index contributed by atoms with van der Waals surface area (Å²) in [5, 5.41) is 0.465. The molecule has 0 aromatic heterocycles. The van der Waals surface area contributed by atoms with Gasteiger partial charge in [-0.1, -0.05) is 17.7 Å². The molecule has 0 bridgehead atoms. The minimum Gasteiger partial charge on any atom is -0.326 e. The topological polar surface area (TPSA) is 63.4 Å². The maximum Gasteiger partial charge on any atom is 0.243 e. The van der Waals surface area contributed by atoms with Crippen LogP contribution in [0.1, 0.15) is 18.9 Å². The van der Waals surface area contributed by atoms with Gasteiger partial charge in [-0.15, -0.1) is 0 Å². The maximum atomic E-state index is 12.6. The van der Waals surface area contributed by atoms with Gasteiger partial charge in [-0.25, -0.2) is 8.42 Å². The highest BCUT2D eigenvalue weighted by molar-refractivity contribution is 7.89. The zero-order valence-electron chi connectivity index (χ0n) is 10.4. The summed E-state index contributed by atoms with van der Waals surface area (Å²) < 4.78 is 26.6. The van der Waals surface area contributed by atoms with Crippen molar-refractivity contribution in [2.75, 3.05) is 6.54 Å². The standard InChI is InChI=1S/C12H17ClN2O2S/c1-8-10(13)4-3-5-12(8)18(16,17)15-7-6-11(14)9(15)2/h3-5,9,11H,6-7,14H2,1-2H3. The SMILES string of the molecule is Cc1c(Cl)cccc1S(=O)(=O)N1CCC(N)C1C. The van der Waals surface area contributed by atoms with Crippen LogP contribution in [-0.2, 0) is 10.0 Å². The lowest BCUT2D eigenvalue weighted by Crippen LogP contribution is -2.40. The first kappa shape index (κ1) is 13.8. The Labute approximate surface area is 113 Å². The van der Waals surface area contributed by atoms with Gasteiger partial charge >= 0.3 is 0 Å². The number of sulfonamides is 1. The van der Waals surface area contributed by atoms with Gasteiger partial charge in [-0.2, -0.15) is 4.31 Å². The van der Waals surface area contributed by atoms with Crippen molar-refractivity contribution in [3.05, 3.63) is 28.8 Å². The van der Waals surface area contributed by atoms with Crippen molar-refractivity contribution < 1.29 is 8.42 Å². The van der Waals surface area contributed by atoms with Crippen LogP contribution in [0.25, 0.3) is 0 Å². The van der Waals surface area contributed by atoms with Crippen molar-refractivity contribution in [1.82, 2.24) is 4.31 Å². The molecular weight excluding hydrogens is 272 g/mol. The van der Waals surface area contributed by atoms with E-state index in [-0.39, 0.29) is 17.0 Å². The minimum atomic E-state index is -3.51. The molecule has 0 aliphatic carbocycles. The Balaban J connectivity index is 2.46. The Bertz CT molecular complexity index is 559. The molecule has 0 radical (unpaired) electrons. The number of halogens is 1. The molecule has 6 heteroatoms. The summed E-state index contributed by atoms with van der Waals surface area (Å²) in [5.74, 6) is 0. The highest BCUT2D eigenvalue weighted by atomic mass is 35.5. The monoisotopic (exact) mass is 288 g/mol. The zero-order chi connectivity index (χ0) is 13.5. The highest BCUT2D eigenvalue weighted by Gasteiger charge is 2.37.